The predicted octanol–water partition coefficient (Wildman–Crippen LogP) is 2.27. The van der Waals surface area contributed by atoms with Crippen molar-refractivity contribution in [2.45, 2.75) is 32.9 Å². The molecule has 0 saturated carbocycles. The van der Waals surface area contributed by atoms with Crippen molar-refractivity contribution in [3.63, 3.8) is 0 Å². The minimum atomic E-state index is 0.606. The summed E-state index contributed by atoms with van der Waals surface area (Å²) >= 11 is 0. The molecule has 2 heterocycles. The van der Waals surface area contributed by atoms with Crippen LogP contribution in [0.4, 0.5) is 5.69 Å². The van der Waals surface area contributed by atoms with Gasteiger partial charge in [0.25, 0.3) is 0 Å². The van der Waals surface area contributed by atoms with E-state index in [4.69, 9.17) is 4.52 Å². The van der Waals surface area contributed by atoms with Crippen molar-refractivity contribution >= 4 is 5.69 Å². The first-order valence-corrected chi connectivity index (χ1v) is 7.15. The zero-order chi connectivity index (χ0) is 13.8. The molecule has 1 aliphatic rings. The third-order valence-electron chi connectivity index (χ3n) is 3.58. The molecular weight excluding hydrogens is 252 g/mol. The van der Waals surface area contributed by atoms with Crippen molar-refractivity contribution in [3.8, 4) is 0 Å². The molecule has 1 aromatic carbocycles. The molecule has 1 aromatic heterocycles. The zero-order valence-electron chi connectivity index (χ0n) is 11.8. The maximum absolute atomic E-state index is 5.06. The van der Waals surface area contributed by atoms with Crippen LogP contribution in [-0.2, 0) is 13.1 Å². The molecule has 106 valence electrons. The van der Waals surface area contributed by atoms with Crippen LogP contribution in [0.5, 0.6) is 0 Å². The van der Waals surface area contributed by atoms with E-state index in [-0.39, 0.29) is 0 Å². The van der Waals surface area contributed by atoms with Crippen LogP contribution in [0.15, 0.2) is 28.8 Å². The summed E-state index contributed by atoms with van der Waals surface area (Å²) in [6.07, 6.45) is 2.62. The van der Waals surface area contributed by atoms with Crippen molar-refractivity contribution in [2.24, 2.45) is 0 Å². The quantitative estimate of drug-likeness (QED) is 0.905. The average Bonchev–Trinajstić information content (AvgIpc) is 3.11. The Hall–Kier alpha value is -1.88. The van der Waals surface area contributed by atoms with Gasteiger partial charge in [0.1, 0.15) is 0 Å². The van der Waals surface area contributed by atoms with E-state index in [1.807, 2.05) is 6.92 Å². The van der Waals surface area contributed by atoms with Crippen molar-refractivity contribution in [1.82, 2.24) is 15.5 Å². The van der Waals surface area contributed by atoms with E-state index in [0.717, 1.165) is 6.54 Å². The first-order chi connectivity index (χ1) is 9.81. The fraction of sp³-hybridized carbons (Fsp3) is 0.467. The van der Waals surface area contributed by atoms with Crippen LogP contribution >= 0.6 is 0 Å². The number of nitrogens with one attached hydrogen (secondary N) is 1. The summed E-state index contributed by atoms with van der Waals surface area (Å²) in [5.74, 6) is 1.31. The van der Waals surface area contributed by atoms with Crippen molar-refractivity contribution in [3.05, 3.63) is 41.5 Å². The number of aryl methyl sites for hydroxylation is 1. The van der Waals surface area contributed by atoms with Gasteiger partial charge in [0.2, 0.25) is 5.89 Å². The molecule has 0 aliphatic carbocycles. The van der Waals surface area contributed by atoms with Gasteiger partial charge in [0, 0.05) is 25.3 Å². The Balaban J connectivity index is 1.50. The van der Waals surface area contributed by atoms with E-state index in [1.54, 1.807) is 0 Å². The van der Waals surface area contributed by atoms with Gasteiger partial charge in [-0.25, -0.2) is 0 Å². The Morgan fingerprint density at radius 3 is 2.55 bits per heavy atom. The van der Waals surface area contributed by atoms with Crippen LogP contribution in [0, 0.1) is 6.92 Å². The molecular formula is C15H20N4O. The number of aromatic nitrogens is 2. The van der Waals surface area contributed by atoms with E-state index in [1.165, 1.54) is 37.2 Å². The minimum Gasteiger partial charge on any atom is -0.372 e. The summed E-state index contributed by atoms with van der Waals surface area (Å²) in [5.41, 5.74) is 2.60. The zero-order valence-corrected chi connectivity index (χ0v) is 11.8. The van der Waals surface area contributed by atoms with Gasteiger partial charge in [-0.15, -0.1) is 0 Å². The lowest BCUT2D eigenvalue weighted by molar-refractivity contribution is 0.364. The summed E-state index contributed by atoms with van der Waals surface area (Å²) in [5, 5.41) is 7.08. The molecule has 0 atom stereocenters. The van der Waals surface area contributed by atoms with Crippen molar-refractivity contribution in [1.29, 1.82) is 0 Å². The maximum atomic E-state index is 5.06. The third kappa shape index (κ3) is 3.17. The number of anilines is 1. The molecule has 0 unspecified atom stereocenters. The second-order valence-electron chi connectivity index (χ2n) is 5.20. The van der Waals surface area contributed by atoms with Gasteiger partial charge >= 0.3 is 0 Å². The second kappa shape index (κ2) is 6.05. The van der Waals surface area contributed by atoms with Crippen LogP contribution in [0.1, 0.15) is 30.1 Å². The van der Waals surface area contributed by atoms with Crippen molar-refractivity contribution in [2.75, 3.05) is 18.0 Å². The van der Waals surface area contributed by atoms with Crippen LogP contribution in [-0.4, -0.2) is 23.2 Å². The second-order valence-corrected chi connectivity index (χ2v) is 5.20. The van der Waals surface area contributed by atoms with E-state index in [9.17, 15) is 0 Å². The first kappa shape index (κ1) is 13.1. The molecule has 5 heteroatoms. The number of nitrogens with zero attached hydrogens (tertiary/aromatic N) is 3. The number of hydrogen-bond acceptors (Lipinski definition) is 5. The Labute approximate surface area is 119 Å². The smallest absolute Gasteiger partial charge is 0.240 e. The molecule has 1 aliphatic heterocycles. The molecule has 1 fully saturated rings. The van der Waals surface area contributed by atoms with Gasteiger partial charge in [0.05, 0.1) is 6.54 Å². The lowest BCUT2D eigenvalue weighted by atomic mass is 10.2. The highest BCUT2D eigenvalue weighted by Crippen LogP contribution is 2.20. The lowest BCUT2D eigenvalue weighted by Crippen LogP contribution is -2.17. The number of rotatable bonds is 5. The van der Waals surface area contributed by atoms with E-state index in [2.05, 4.69) is 44.6 Å². The molecule has 5 nitrogen and oxygen atoms in total. The van der Waals surface area contributed by atoms with Gasteiger partial charge < -0.3 is 14.7 Å². The summed E-state index contributed by atoms with van der Waals surface area (Å²) in [7, 11) is 0. The summed E-state index contributed by atoms with van der Waals surface area (Å²) in [6.45, 7) is 5.61. The Morgan fingerprint density at radius 2 is 1.90 bits per heavy atom. The topological polar surface area (TPSA) is 54.2 Å². The highest BCUT2D eigenvalue weighted by Gasteiger charge is 2.11. The lowest BCUT2D eigenvalue weighted by Gasteiger charge is -2.17. The van der Waals surface area contributed by atoms with E-state index in [0.29, 0.717) is 18.3 Å². The molecule has 3 rings (SSSR count). The summed E-state index contributed by atoms with van der Waals surface area (Å²) < 4.78 is 5.06. The number of hydrogen-bond donors (Lipinski definition) is 1. The molecule has 1 N–H and O–H groups in total. The SMILES string of the molecule is Cc1noc(CNCc2ccc(N3CCCC3)cc2)n1. The van der Waals surface area contributed by atoms with E-state index >= 15 is 0 Å². The van der Waals surface area contributed by atoms with Crippen molar-refractivity contribution < 1.29 is 4.52 Å². The highest BCUT2D eigenvalue weighted by atomic mass is 16.5. The Kier molecular flexibility index (Phi) is 3.97. The molecule has 1 saturated heterocycles. The molecule has 0 spiro atoms. The predicted molar refractivity (Wildman–Crippen MR) is 77.5 cm³/mol. The molecule has 0 amide bonds. The van der Waals surface area contributed by atoms with Crippen LogP contribution in [0.3, 0.4) is 0 Å². The van der Waals surface area contributed by atoms with Gasteiger partial charge in [-0.1, -0.05) is 17.3 Å². The molecule has 20 heavy (non-hydrogen) atoms. The summed E-state index contributed by atoms with van der Waals surface area (Å²) in [4.78, 5) is 6.60. The molecule has 0 bridgehead atoms. The average molecular weight is 272 g/mol. The largest absolute Gasteiger partial charge is 0.372 e. The van der Waals surface area contributed by atoms with Gasteiger partial charge in [0.15, 0.2) is 5.82 Å². The highest BCUT2D eigenvalue weighted by molar-refractivity contribution is 5.48. The normalized spacial score (nSPS) is 14.9. The van der Waals surface area contributed by atoms with E-state index < -0.39 is 0 Å². The standard InChI is InChI=1S/C15H20N4O/c1-12-17-15(20-18-12)11-16-10-13-4-6-14(7-5-13)19-8-2-3-9-19/h4-7,16H,2-3,8-11H2,1H3. The first-order valence-electron chi connectivity index (χ1n) is 7.15. The third-order valence-corrected chi connectivity index (χ3v) is 3.58. The van der Waals surface area contributed by atoms with Gasteiger partial charge in [-0.3, -0.25) is 0 Å². The fourth-order valence-corrected chi connectivity index (χ4v) is 2.53. The molecule has 2 aromatic rings. The summed E-state index contributed by atoms with van der Waals surface area (Å²) in [6, 6.07) is 8.78. The van der Waals surface area contributed by atoms with Gasteiger partial charge in [-0.05, 0) is 37.5 Å². The van der Waals surface area contributed by atoms with Crippen LogP contribution < -0.4 is 10.2 Å². The van der Waals surface area contributed by atoms with Crippen LogP contribution in [0.2, 0.25) is 0 Å². The Morgan fingerprint density at radius 1 is 1.15 bits per heavy atom. The minimum absolute atomic E-state index is 0.606. The number of benzene rings is 1. The maximum Gasteiger partial charge on any atom is 0.240 e. The van der Waals surface area contributed by atoms with Crippen LogP contribution in [0.25, 0.3) is 0 Å². The molecule has 0 radical (unpaired) electrons. The Bertz CT molecular complexity index is 543. The monoisotopic (exact) mass is 272 g/mol. The van der Waals surface area contributed by atoms with Gasteiger partial charge in [-0.2, -0.15) is 4.98 Å². The fourth-order valence-electron chi connectivity index (χ4n) is 2.53.